The minimum absolute atomic E-state index is 0.000492. The number of thiazole rings is 1. The molecule has 0 atom stereocenters. The molecule has 0 bridgehead atoms. The van der Waals surface area contributed by atoms with E-state index in [1.54, 1.807) is 35.7 Å². The van der Waals surface area contributed by atoms with Crippen molar-refractivity contribution in [3.63, 3.8) is 0 Å². The molecular weight excluding hydrogens is 340 g/mol. The SMILES string of the molecule is O=c1oc2ccccc2cc1-c1csc(-c2cccc([N+](=O)[O-])c2)n1. The van der Waals surface area contributed by atoms with Gasteiger partial charge in [-0.2, -0.15) is 0 Å². The van der Waals surface area contributed by atoms with Crippen LogP contribution in [0.15, 0.2) is 69.2 Å². The van der Waals surface area contributed by atoms with Crippen molar-refractivity contribution in [2.24, 2.45) is 0 Å². The average molecular weight is 350 g/mol. The molecule has 0 radical (unpaired) electrons. The lowest BCUT2D eigenvalue weighted by Gasteiger charge is -1.99. The van der Waals surface area contributed by atoms with E-state index in [1.165, 1.54) is 23.5 Å². The van der Waals surface area contributed by atoms with Crippen LogP contribution in [0.5, 0.6) is 0 Å². The van der Waals surface area contributed by atoms with E-state index in [1.807, 2.05) is 12.1 Å². The van der Waals surface area contributed by atoms with Crippen molar-refractivity contribution in [2.75, 3.05) is 0 Å². The number of fused-ring (bicyclic) bond motifs is 1. The molecule has 0 saturated carbocycles. The molecule has 0 amide bonds. The molecule has 0 spiro atoms. The quantitative estimate of drug-likeness (QED) is 0.309. The topological polar surface area (TPSA) is 86.2 Å². The van der Waals surface area contributed by atoms with Crippen LogP contribution in [0.25, 0.3) is 32.8 Å². The average Bonchev–Trinajstić information content (AvgIpc) is 3.11. The number of aromatic nitrogens is 1. The fourth-order valence-electron chi connectivity index (χ4n) is 2.52. The third-order valence-electron chi connectivity index (χ3n) is 3.73. The number of nitro benzene ring substituents is 1. The van der Waals surface area contributed by atoms with E-state index in [0.717, 1.165) is 5.39 Å². The third-order valence-corrected chi connectivity index (χ3v) is 4.62. The lowest BCUT2D eigenvalue weighted by Crippen LogP contribution is -2.02. The van der Waals surface area contributed by atoms with Gasteiger partial charge in [-0.1, -0.05) is 30.3 Å². The van der Waals surface area contributed by atoms with Gasteiger partial charge in [-0.15, -0.1) is 11.3 Å². The van der Waals surface area contributed by atoms with Gasteiger partial charge in [0.1, 0.15) is 10.6 Å². The van der Waals surface area contributed by atoms with E-state index in [9.17, 15) is 14.9 Å². The Bertz CT molecular complexity index is 1160. The van der Waals surface area contributed by atoms with Gasteiger partial charge in [-0.25, -0.2) is 9.78 Å². The van der Waals surface area contributed by atoms with Crippen LogP contribution in [0, 0.1) is 10.1 Å². The van der Waals surface area contributed by atoms with Gasteiger partial charge in [0.2, 0.25) is 0 Å². The van der Waals surface area contributed by atoms with E-state index < -0.39 is 10.5 Å². The second kappa shape index (κ2) is 5.95. The summed E-state index contributed by atoms with van der Waals surface area (Å²) in [5.41, 5.74) is 1.55. The van der Waals surface area contributed by atoms with E-state index in [4.69, 9.17) is 4.42 Å². The minimum Gasteiger partial charge on any atom is -0.422 e. The molecule has 2 heterocycles. The van der Waals surface area contributed by atoms with Crippen LogP contribution in [-0.4, -0.2) is 9.91 Å². The summed E-state index contributed by atoms with van der Waals surface area (Å²) < 4.78 is 5.33. The predicted octanol–water partition coefficient (Wildman–Crippen LogP) is 4.49. The Hall–Kier alpha value is -3.32. The summed E-state index contributed by atoms with van der Waals surface area (Å²) in [4.78, 5) is 27.2. The maximum Gasteiger partial charge on any atom is 0.345 e. The second-order valence-electron chi connectivity index (χ2n) is 5.33. The van der Waals surface area contributed by atoms with Gasteiger partial charge in [0.15, 0.2) is 0 Å². The molecule has 25 heavy (non-hydrogen) atoms. The molecule has 0 saturated heterocycles. The normalized spacial score (nSPS) is 10.9. The van der Waals surface area contributed by atoms with Gasteiger partial charge < -0.3 is 4.42 Å². The summed E-state index contributed by atoms with van der Waals surface area (Å²) in [5, 5.41) is 14.1. The Morgan fingerprint density at radius 3 is 2.76 bits per heavy atom. The van der Waals surface area contributed by atoms with Crippen LogP contribution in [0.3, 0.4) is 0 Å². The number of para-hydroxylation sites is 1. The van der Waals surface area contributed by atoms with Gasteiger partial charge in [-0.3, -0.25) is 10.1 Å². The fraction of sp³-hybridized carbons (Fsp3) is 0. The third kappa shape index (κ3) is 2.81. The van der Waals surface area contributed by atoms with Gasteiger partial charge in [0.25, 0.3) is 5.69 Å². The lowest BCUT2D eigenvalue weighted by atomic mass is 10.1. The smallest absolute Gasteiger partial charge is 0.345 e. The molecule has 0 aliphatic rings. The van der Waals surface area contributed by atoms with E-state index in [0.29, 0.717) is 27.4 Å². The predicted molar refractivity (Wildman–Crippen MR) is 95.7 cm³/mol. The standard InChI is InChI=1S/C18H10N2O4S/c21-18-14(9-11-4-1-2-7-16(11)24-18)15-10-25-17(19-15)12-5-3-6-13(8-12)20(22)23/h1-10H. The first-order valence-corrected chi connectivity index (χ1v) is 8.23. The van der Waals surface area contributed by atoms with Gasteiger partial charge in [-0.05, 0) is 12.1 Å². The largest absolute Gasteiger partial charge is 0.422 e. The number of nitrogens with zero attached hydrogens (tertiary/aromatic N) is 2. The molecule has 0 aliphatic heterocycles. The van der Waals surface area contributed by atoms with E-state index in [-0.39, 0.29) is 5.69 Å². The molecule has 0 fully saturated rings. The van der Waals surface area contributed by atoms with Crippen molar-refractivity contribution in [2.45, 2.75) is 0 Å². The number of non-ortho nitro benzene ring substituents is 1. The minimum atomic E-state index is -0.463. The number of benzene rings is 2. The molecule has 7 heteroatoms. The first kappa shape index (κ1) is 15.2. The van der Waals surface area contributed by atoms with Crippen LogP contribution < -0.4 is 5.63 Å². The van der Waals surface area contributed by atoms with Crippen molar-refractivity contribution in [1.82, 2.24) is 4.98 Å². The lowest BCUT2D eigenvalue weighted by molar-refractivity contribution is -0.384. The van der Waals surface area contributed by atoms with Crippen LogP contribution >= 0.6 is 11.3 Å². The van der Waals surface area contributed by atoms with Crippen LogP contribution in [0.1, 0.15) is 0 Å². The summed E-state index contributed by atoms with van der Waals surface area (Å²) >= 11 is 1.32. The number of rotatable bonds is 3. The van der Waals surface area contributed by atoms with Crippen molar-refractivity contribution in [3.8, 4) is 21.8 Å². The van der Waals surface area contributed by atoms with Gasteiger partial charge in [0.05, 0.1) is 16.2 Å². The molecule has 4 aromatic rings. The molecular formula is C18H10N2O4S. The van der Waals surface area contributed by atoms with Gasteiger partial charge in [0, 0.05) is 28.5 Å². The molecule has 0 unspecified atom stereocenters. The molecule has 122 valence electrons. The fourth-order valence-corrected chi connectivity index (χ4v) is 3.34. The Morgan fingerprint density at radius 1 is 1.08 bits per heavy atom. The molecule has 2 aromatic heterocycles. The summed E-state index contributed by atoms with van der Waals surface area (Å²) in [6.45, 7) is 0. The zero-order chi connectivity index (χ0) is 17.4. The zero-order valence-electron chi connectivity index (χ0n) is 12.7. The highest BCUT2D eigenvalue weighted by molar-refractivity contribution is 7.13. The van der Waals surface area contributed by atoms with E-state index in [2.05, 4.69) is 4.98 Å². The van der Waals surface area contributed by atoms with Crippen LogP contribution in [-0.2, 0) is 0 Å². The van der Waals surface area contributed by atoms with Gasteiger partial charge >= 0.3 is 5.63 Å². The highest BCUT2D eigenvalue weighted by Crippen LogP contribution is 2.30. The van der Waals surface area contributed by atoms with Crippen LogP contribution in [0.4, 0.5) is 5.69 Å². The van der Waals surface area contributed by atoms with Crippen molar-refractivity contribution < 1.29 is 9.34 Å². The van der Waals surface area contributed by atoms with Crippen molar-refractivity contribution in [1.29, 1.82) is 0 Å². The first-order valence-electron chi connectivity index (χ1n) is 7.35. The number of hydrogen-bond acceptors (Lipinski definition) is 6. The maximum atomic E-state index is 12.2. The summed E-state index contributed by atoms with van der Waals surface area (Å²) in [5.74, 6) is 0. The first-order chi connectivity index (χ1) is 12.1. The Kier molecular flexibility index (Phi) is 3.62. The van der Waals surface area contributed by atoms with Crippen molar-refractivity contribution in [3.05, 3.63) is 80.5 Å². The zero-order valence-corrected chi connectivity index (χ0v) is 13.5. The Labute approximate surface area is 145 Å². The van der Waals surface area contributed by atoms with Crippen LogP contribution in [0.2, 0.25) is 0 Å². The monoisotopic (exact) mass is 350 g/mol. The molecule has 4 rings (SSSR count). The highest BCUT2D eigenvalue weighted by atomic mass is 32.1. The summed E-state index contributed by atoms with van der Waals surface area (Å²) in [7, 11) is 0. The summed E-state index contributed by atoms with van der Waals surface area (Å²) in [6.07, 6.45) is 0. The van der Waals surface area contributed by atoms with Crippen molar-refractivity contribution >= 4 is 28.0 Å². The molecule has 0 N–H and O–H groups in total. The maximum absolute atomic E-state index is 12.2. The second-order valence-corrected chi connectivity index (χ2v) is 6.19. The molecule has 0 aliphatic carbocycles. The Balaban J connectivity index is 1.79. The molecule has 6 nitrogen and oxygen atoms in total. The molecule has 2 aromatic carbocycles. The highest BCUT2D eigenvalue weighted by Gasteiger charge is 2.14. The van der Waals surface area contributed by atoms with E-state index >= 15 is 0 Å². The summed E-state index contributed by atoms with van der Waals surface area (Å²) in [6, 6.07) is 15.2. The number of nitro groups is 1. The Morgan fingerprint density at radius 2 is 1.92 bits per heavy atom. The number of hydrogen-bond donors (Lipinski definition) is 0.